The van der Waals surface area contributed by atoms with Gasteiger partial charge in [-0.05, 0) is 24.6 Å². The summed E-state index contributed by atoms with van der Waals surface area (Å²) in [5.74, 6) is -0.532. The van der Waals surface area contributed by atoms with Crippen molar-refractivity contribution in [3.05, 3.63) is 29.8 Å². The number of carbonyl (C=O) groups is 2. The van der Waals surface area contributed by atoms with Gasteiger partial charge in [-0.2, -0.15) is 0 Å². The van der Waals surface area contributed by atoms with Crippen molar-refractivity contribution >= 4 is 17.5 Å². The highest BCUT2D eigenvalue weighted by Gasteiger charge is 2.22. The molecule has 1 aromatic carbocycles. The van der Waals surface area contributed by atoms with E-state index in [4.69, 9.17) is 5.73 Å². The Balaban J connectivity index is 2.16. The van der Waals surface area contributed by atoms with Gasteiger partial charge in [0.05, 0.1) is 13.1 Å². The fourth-order valence-electron chi connectivity index (χ4n) is 1.81. The van der Waals surface area contributed by atoms with Crippen LogP contribution < -0.4 is 16.0 Å². The Morgan fingerprint density at radius 1 is 1.18 bits per heavy atom. The lowest BCUT2D eigenvalue weighted by atomic mass is 10.1. The van der Waals surface area contributed by atoms with Gasteiger partial charge in [-0.3, -0.25) is 14.9 Å². The standard InChI is InChI=1S/C12H15N3O2/c1-8(13)9-2-4-10(5-3-9)15-6-11(16)14-12(17)7-15/h2-5,8H,6-7,13H2,1H3,(H,14,16,17)/t8-/m1/s1. The molecule has 1 aliphatic heterocycles. The Hall–Kier alpha value is -1.88. The minimum atomic E-state index is -0.266. The number of imide groups is 1. The van der Waals surface area contributed by atoms with Gasteiger partial charge in [0, 0.05) is 11.7 Å². The Bertz CT molecular complexity index is 424. The number of hydrogen-bond acceptors (Lipinski definition) is 4. The molecular formula is C12H15N3O2. The molecule has 0 unspecified atom stereocenters. The molecule has 90 valence electrons. The fraction of sp³-hybridized carbons (Fsp3) is 0.333. The highest BCUT2D eigenvalue weighted by atomic mass is 16.2. The maximum absolute atomic E-state index is 11.2. The third-order valence-corrected chi connectivity index (χ3v) is 2.73. The van der Waals surface area contributed by atoms with E-state index in [0.29, 0.717) is 0 Å². The van der Waals surface area contributed by atoms with Crippen molar-refractivity contribution in [2.75, 3.05) is 18.0 Å². The van der Waals surface area contributed by atoms with Gasteiger partial charge in [-0.15, -0.1) is 0 Å². The van der Waals surface area contributed by atoms with Crippen LogP contribution in [0.5, 0.6) is 0 Å². The topological polar surface area (TPSA) is 75.4 Å². The number of amides is 2. The monoisotopic (exact) mass is 233 g/mol. The number of nitrogens with one attached hydrogen (secondary N) is 1. The first-order valence-electron chi connectivity index (χ1n) is 5.49. The highest BCUT2D eigenvalue weighted by molar-refractivity contribution is 6.02. The lowest BCUT2D eigenvalue weighted by Gasteiger charge is -2.27. The van der Waals surface area contributed by atoms with E-state index < -0.39 is 0 Å². The lowest BCUT2D eigenvalue weighted by Crippen LogP contribution is -2.51. The Morgan fingerprint density at radius 2 is 1.71 bits per heavy atom. The Kier molecular flexibility index (Phi) is 3.10. The first-order chi connectivity index (χ1) is 8.06. The summed E-state index contributed by atoms with van der Waals surface area (Å²) in [6, 6.07) is 7.57. The van der Waals surface area contributed by atoms with Crippen LogP contribution in [0.25, 0.3) is 0 Å². The Morgan fingerprint density at radius 3 is 2.18 bits per heavy atom. The molecule has 3 N–H and O–H groups in total. The predicted molar refractivity (Wildman–Crippen MR) is 64.4 cm³/mol. The van der Waals surface area contributed by atoms with Gasteiger partial charge in [0.25, 0.3) is 0 Å². The molecule has 2 rings (SSSR count). The summed E-state index contributed by atoms with van der Waals surface area (Å²) in [4.78, 5) is 24.2. The molecule has 1 fully saturated rings. The van der Waals surface area contributed by atoms with Crippen LogP contribution in [-0.4, -0.2) is 24.9 Å². The second-order valence-electron chi connectivity index (χ2n) is 4.21. The van der Waals surface area contributed by atoms with Crippen LogP contribution in [-0.2, 0) is 9.59 Å². The van der Waals surface area contributed by atoms with Gasteiger partial charge in [-0.25, -0.2) is 0 Å². The van der Waals surface area contributed by atoms with E-state index in [0.717, 1.165) is 11.3 Å². The molecule has 0 bridgehead atoms. The van der Waals surface area contributed by atoms with Crippen LogP contribution in [0.3, 0.4) is 0 Å². The van der Waals surface area contributed by atoms with Gasteiger partial charge < -0.3 is 10.6 Å². The lowest BCUT2D eigenvalue weighted by molar-refractivity contribution is -0.130. The zero-order valence-electron chi connectivity index (χ0n) is 9.64. The van der Waals surface area contributed by atoms with Crippen molar-refractivity contribution in [3.63, 3.8) is 0 Å². The van der Waals surface area contributed by atoms with Crippen molar-refractivity contribution in [2.24, 2.45) is 5.73 Å². The molecule has 1 aromatic rings. The molecule has 0 spiro atoms. The quantitative estimate of drug-likeness (QED) is 0.714. The molecule has 2 amide bonds. The number of nitrogens with two attached hydrogens (primary N) is 1. The second kappa shape index (κ2) is 4.55. The van der Waals surface area contributed by atoms with Gasteiger partial charge in [-0.1, -0.05) is 12.1 Å². The van der Waals surface area contributed by atoms with E-state index in [1.807, 2.05) is 31.2 Å². The molecule has 5 nitrogen and oxygen atoms in total. The number of benzene rings is 1. The maximum atomic E-state index is 11.2. The summed E-state index contributed by atoms with van der Waals surface area (Å²) in [6.45, 7) is 2.33. The van der Waals surface area contributed by atoms with E-state index >= 15 is 0 Å². The van der Waals surface area contributed by atoms with Crippen LogP contribution in [0.4, 0.5) is 5.69 Å². The van der Waals surface area contributed by atoms with Gasteiger partial charge in [0.2, 0.25) is 11.8 Å². The number of piperazine rings is 1. The van der Waals surface area contributed by atoms with E-state index in [2.05, 4.69) is 5.32 Å². The number of rotatable bonds is 2. The molecule has 0 radical (unpaired) electrons. The second-order valence-corrected chi connectivity index (χ2v) is 4.21. The third-order valence-electron chi connectivity index (χ3n) is 2.73. The zero-order chi connectivity index (χ0) is 12.4. The molecule has 5 heteroatoms. The average Bonchev–Trinajstić information content (AvgIpc) is 2.28. The molecule has 1 heterocycles. The molecule has 1 saturated heterocycles. The molecular weight excluding hydrogens is 218 g/mol. The molecule has 1 aliphatic rings. The molecule has 1 atom stereocenters. The van der Waals surface area contributed by atoms with Crippen molar-refractivity contribution in [1.82, 2.24) is 5.32 Å². The largest absolute Gasteiger partial charge is 0.353 e. The van der Waals surface area contributed by atoms with Crippen LogP contribution in [0.2, 0.25) is 0 Å². The minimum absolute atomic E-state index is 0.0182. The van der Waals surface area contributed by atoms with Gasteiger partial charge in [0.1, 0.15) is 0 Å². The number of anilines is 1. The summed E-state index contributed by atoms with van der Waals surface area (Å²) in [5, 5.41) is 2.27. The van der Waals surface area contributed by atoms with E-state index in [1.165, 1.54) is 0 Å². The van der Waals surface area contributed by atoms with Gasteiger partial charge in [0.15, 0.2) is 0 Å². The molecule has 0 aliphatic carbocycles. The normalized spacial score (nSPS) is 17.9. The fourth-order valence-corrected chi connectivity index (χ4v) is 1.81. The van der Waals surface area contributed by atoms with Crippen molar-refractivity contribution in [1.29, 1.82) is 0 Å². The summed E-state index contributed by atoms with van der Waals surface area (Å²) in [5.41, 5.74) is 7.64. The third kappa shape index (κ3) is 2.62. The highest BCUT2D eigenvalue weighted by Crippen LogP contribution is 2.18. The SMILES string of the molecule is C[C@@H](N)c1ccc(N2CC(=O)NC(=O)C2)cc1. The first-order valence-corrected chi connectivity index (χ1v) is 5.49. The van der Waals surface area contributed by atoms with E-state index in [9.17, 15) is 9.59 Å². The van der Waals surface area contributed by atoms with E-state index in [1.54, 1.807) is 4.90 Å². The van der Waals surface area contributed by atoms with Crippen LogP contribution in [0, 0.1) is 0 Å². The number of hydrogen-bond donors (Lipinski definition) is 2. The van der Waals surface area contributed by atoms with Crippen molar-refractivity contribution in [3.8, 4) is 0 Å². The average molecular weight is 233 g/mol. The summed E-state index contributed by atoms with van der Waals surface area (Å²) in [7, 11) is 0. The summed E-state index contributed by atoms with van der Waals surface area (Å²) < 4.78 is 0. The summed E-state index contributed by atoms with van der Waals surface area (Å²) in [6.07, 6.45) is 0. The van der Waals surface area contributed by atoms with Crippen molar-refractivity contribution < 1.29 is 9.59 Å². The zero-order valence-corrected chi connectivity index (χ0v) is 9.64. The molecule has 17 heavy (non-hydrogen) atoms. The van der Waals surface area contributed by atoms with E-state index in [-0.39, 0.29) is 30.9 Å². The molecule has 0 saturated carbocycles. The maximum Gasteiger partial charge on any atom is 0.246 e. The number of carbonyl (C=O) groups excluding carboxylic acids is 2. The Labute approximate surface area is 99.6 Å². The van der Waals surface area contributed by atoms with Crippen molar-refractivity contribution in [2.45, 2.75) is 13.0 Å². The first kappa shape index (κ1) is 11.6. The summed E-state index contributed by atoms with van der Waals surface area (Å²) >= 11 is 0. The minimum Gasteiger partial charge on any atom is -0.353 e. The van der Waals surface area contributed by atoms with Gasteiger partial charge >= 0.3 is 0 Å². The number of nitrogens with zero attached hydrogens (tertiary/aromatic N) is 1. The van der Waals surface area contributed by atoms with Crippen LogP contribution in [0.15, 0.2) is 24.3 Å². The smallest absolute Gasteiger partial charge is 0.246 e. The van der Waals surface area contributed by atoms with Crippen LogP contribution >= 0.6 is 0 Å². The predicted octanol–water partition coefficient (Wildman–Crippen LogP) is 0.169. The van der Waals surface area contributed by atoms with Crippen LogP contribution in [0.1, 0.15) is 18.5 Å². The molecule has 0 aromatic heterocycles.